The zero-order valence-corrected chi connectivity index (χ0v) is 12.4. The van der Waals surface area contributed by atoms with Crippen molar-refractivity contribution < 1.29 is 9.53 Å². The summed E-state index contributed by atoms with van der Waals surface area (Å²) in [5, 5.41) is 6.99. The molecule has 1 aliphatic rings. The summed E-state index contributed by atoms with van der Waals surface area (Å²) in [5.74, 6) is 1.14. The molecular weight excluding hydrogens is 284 g/mol. The second-order valence-electron chi connectivity index (χ2n) is 5.25. The molecule has 1 aromatic heterocycles. The Balaban J connectivity index is 1.72. The van der Waals surface area contributed by atoms with E-state index in [0.29, 0.717) is 18.0 Å². The highest BCUT2D eigenvalue weighted by atomic mass is 16.5. The number of hydrogen-bond donors (Lipinski definition) is 1. The smallest absolute Gasteiger partial charge is 0.346 e. The highest BCUT2D eigenvalue weighted by Gasteiger charge is 2.18. The molecule has 0 bridgehead atoms. The molecule has 7 heteroatoms. The van der Waals surface area contributed by atoms with Gasteiger partial charge in [0.1, 0.15) is 18.1 Å². The molecule has 7 nitrogen and oxygen atoms in total. The lowest BCUT2D eigenvalue weighted by atomic mass is 10.2. The lowest BCUT2D eigenvalue weighted by Gasteiger charge is -2.09. The van der Waals surface area contributed by atoms with E-state index in [2.05, 4.69) is 10.4 Å². The van der Waals surface area contributed by atoms with Crippen molar-refractivity contribution in [3.63, 3.8) is 0 Å². The Bertz CT molecular complexity index is 747. The Labute approximate surface area is 127 Å². The van der Waals surface area contributed by atoms with Gasteiger partial charge in [-0.2, -0.15) is 5.10 Å². The van der Waals surface area contributed by atoms with Crippen LogP contribution in [0.4, 0.5) is 5.69 Å². The van der Waals surface area contributed by atoms with Gasteiger partial charge in [0.15, 0.2) is 0 Å². The quantitative estimate of drug-likeness (QED) is 0.915. The van der Waals surface area contributed by atoms with E-state index in [1.165, 1.54) is 4.68 Å². The SMILES string of the molecule is COc1cccc(NC(=O)Cn2nc3n(c2=O)CCCC3)c1. The predicted octanol–water partition coefficient (Wildman–Crippen LogP) is 1.03. The van der Waals surface area contributed by atoms with Crippen molar-refractivity contribution in [2.24, 2.45) is 0 Å². The summed E-state index contributed by atoms with van der Waals surface area (Å²) in [6.07, 6.45) is 2.81. The minimum Gasteiger partial charge on any atom is -0.497 e. The molecule has 3 rings (SSSR count). The number of carbonyl (C=O) groups is 1. The fraction of sp³-hybridized carbons (Fsp3) is 0.400. The maximum absolute atomic E-state index is 12.2. The molecular formula is C15H18N4O3. The van der Waals surface area contributed by atoms with Crippen molar-refractivity contribution in [1.29, 1.82) is 0 Å². The molecule has 0 saturated heterocycles. The maximum Gasteiger partial charge on any atom is 0.346 e. The summed E-state index contributed by atoms with van der Waals surface area (Å²) in [7, 11) is 1.57. The van der Waals surface area contributed by atoms with Gasteiger partial charge in [-0.05, 0) is 25.0 Å². The Morgan fingerprint density at radius 1 is 1.41 bits per heavy atom. The van der Waals surface area contributed by atoms with Crippen LogP contribution in [0.15, 0.2) is 29.1 Å². The number of aryl methyl sites for hydroxylation is 1. The number of hydrogen-bond acceptors (Lipinski definition) is 4. The molecule has 0 aliphatic carbocycles. The Morgan fingerprint density at radius 3 is 3.05 bits per heavy atom. The normalized spacial score (nSPS) is 13.5. The number of amides is 1. The second-order valence-corrected chi connectivity index (χ2v) is 5.25. The van der Waals surface area contributed by atoms with Crippen LogP contribution in [0.5, 0.6) is 5.75 Å². The molecule has 0 fully saturated rings. The zero-order chi connectivity index (χ0) is 15.5. The summed E-state index contributed by atoms with van der Waals surface area (Å²) in [6.45, 7) is 0.599. The molecule has 22 heavy (non-hydrogen) atoms. The van der Waals surface area contributed by atoms with Gasteiger partial charge in [0, 0.05) is 24.7 Å². The maximum atomic E-state index is 12.2. The van der Waals surface area contributed by atoms with Crippen molar-refractivity contribution in [3.8, 4) is 5.75 Å². The van der Waals surface area contributed by atoms with Gasteiger partial charge in [0.05, 0.1) is 7.11 Å². The molecule has 0 spiro atoms. The number of fused-ring (bicyclic) bond motifs is 1. The predicted molar refractivity (Wildman–Crippen MR) is 81.0 cm³/mol. The third-order valence-electron chi connectivity index (χ3n) is 3.68. The Kier molecular flexibility index (Phi) is 3.95. The topological polar surface area (TPSA) is 78.2 Å². The van der Waals surface area contributed by atoms with Crippen molar-refractivity contribution in [2.75, 3.05) is 12.4 Å². The summed E-state index contributed by atoms with van der Waals surface area (Å²) in [5.41, 5.74) is 0.414. The number of nitrogens with zero attached hydrogens (tertiary/aromatic N) is 3. The third kappa shape index (κ3) is 2.88. The summed E-state index contributed by atoms with van der Waals surface area (Å²) in [6, 6.07) is 7.07. The molecule has 1 aliphatic heterocycles. The first-order chi connectivity index (χ1) is 10.7. The van der Waals surface area contributed by atoms with Crippen LogP contribution in [0.2, 0.25) is 0 Å². The fourth-order valence-electron chi connectivity index (χ4n) is 2.59. The van der Waals surface area contributed by atoms with Gasteiger partial charge in [0.25, 0.3) is 0 Å². The van der Waals surface area contributed by atoms with Gasteiger partial charge < -0.3 is 10.1 Å². The lowest BCUT2D eigenvalue weighted by molar-refractivity contribution is -0.117. The van der Waals surface area contributed by atoms with Crippen molar-refractivity contribution in [3.05, 3.63) is 40.6 Å². The first-order valence-corrected chi connectivity index (χ1v) is 7.28. The number of nitrogens with one attached hydrogen (secondary N) is 1. The van der Waals surface area contributed by atoms with E-state index < -0.39 is 0 Å². The number of ether oxygens (including phenoxy) is 1. The minimum atomic E-state index is -0.286. The van der Waals surface area contributed by atoms with Gasteiger partial charge in [-0.25, -0.2) is 9.48 Å². The molecule has 116 valence electrons. The van der Waals surface area contributed by atoms with Crippen LogP contribution in [-0.2, 0) is 24.3 Å². The molecule has 0 atom stereocenters. The third-order valence-corrected chi connectivity index (χ3v) is 3.68. The van der Waals surface area contributed by atoms with Crippen LogP contribution in [0, 0.1) is 0 Å². The van der Waals surface area contributed by atoms with E-state index in [1.807, 2.05) is 0 Å². The fourth-order valence-corrected chi connectivity index (χ4v) is 2.59. The average molecular weight is 302 g/mol. The Morgan fingerprint density at radius 2 is 2.27 bits per heavy atom. The first kappa shape index (κ1) is 14.4. The second kappa shape index (κ2) is 6.05. The molecule has 1 N–H and O–H groups in total. The minimum absolute atomic E-state index is 0.0873. The van der Waals surface area contributed by atoms with Crippen molar-refractivity contribution in [2.45, 2.75) is 32.4 Å². The number of methoxy groups -OCH3 is 1. The summed E-state index contributed by atoms with van der Waals surface area (Å²) < 4.78 is 7.99. The van der Waals surface area contributed by atoms with E-state index >= 15 is 0 Å². The molecule has 1 amide bonds. The van der Waals surface area contributed by atoms with E-state index in [0.717, 1.165) is 25.1 Å². The van der Waals surface area contributed by atoms with E-state index in [-0.39, 0.29) is 18.1 Å². The number of carbonyl (C=O) groups excluding carboxylic acids is 1. The highest BCUT2D eigenvalue weighted by molar-refractivity contribution is 5.90. The number of benzene rings is 1. The monoisotopic (exact) mass is 302 g/mol. The van der Waals surface area contributed by atoms with Gasteiger partial charge in [-0.3, -0.25) is 9.36 Å². The summed E-state index contributed by atoms with van der Waals surface area (Å²) in [4.78, 5) is 24.3. The van der Waals surface area contributed by atoms with Crippen LogP contribution in [0.3, 0.4) is 0 Å². The number of rotatable bonds is 4. The Hall–Kier alpha value is -2.57. The number of aromatic nitrogens is 3. The molecule has 1 aromatic carbocycles. The van der Waals surface area contributed by atoms with E-state index in [1.54, 1.807) is 35.9 Å². The standard InChI is InChI=1S/C15H18N4O3/c1-22-12-6-4-5-11(9-12)16-14(20)10-19-15(21)18-8-3-2-7-13(18)17-19/h4-6,9H,2-3,7-8,10H2,1H3,(H,16,20). The van der Waals surface area contributed by atoms with Gasteiger partial charge in [0.2, 0.25) is 5.91 Å². The molecule has 0 radical (unpaired) electrons. The van der Waals surface area contributed by atoms with Crippen molar-refractivity contribution >= 4 is 11.6 Å². The average Bonchev–Trinajstić information content (AvgIpc) is 2.84. The van der Waals surface area contributed by atoms with Crippen LogP contribution in [0.25, 0.3) is 0 Å². The summed E-state index contributed by atoms with van der Waals surface area (Å²) >= 11 is 0. The zero-order valence-electron chi connectivity index (χ0n) is 12.4. The van der Waals surface area contributed by atoms with Crippen LogP contribution < -0.4 is 15.7 Å². The molecule has 0 saturated carbocycles. The molecule has 2 heterocycles. The van der Waals surface area contributed by atoms with E-state index in [9.17, 15) is 9.59 Å². The van der Waals surface area contributed by atoms with Crippen LogP contribution in [0.1, 0.15) is 18.7 Å². The number of anilines is 1. The van der Waals surface area contributed by atoms with Gasteiger partial charge >= 0.3 is 5.69 Å². The van der Waals surface area contributed by atoms with Crippen LogP contribution in [-0.4, -0.2) is 27.4 Å². The van der Waals surface area contributed by atoms with Gasteiger partial charge in [-0.1, -0.05) is 6.07 Å². The lowest BCUT2D eigenvalue weighted by Crippen LogP contribution is -2.30. The van der Waals surface area contributed by atoms with Crippen molar-refractivity contribution in [1.82, 2.24) is 14.3 Å². The first-order valence-electron chi connectivity index (χ1n) is 7.28. The highest BCUT2D eigenvalue weighted by Crippen LogP contribution is 2.16. The van der Waals surface area contributed by atoms with Gasteiger partial charge in [-0.15, -0.1) is 0 Å². The van der Waals surface area contributed by atoms with E-state index in [4.69, 9.17) is 4.74 Å². The molecule has 2 aromatic rings. The largest absolute Gasteiger partial charge is 0.497 e. The van der Waals surface area contributed by atoms with Crippen LogP contribution >= 0.6 is 0 Å². The molecule has 0 unspecified atom stereocenters.